The van der Waals surface area contributed by atoms with Crippen molar-refractivity contribution in [3.8, 4) is 22.5 Å². The van der Waals surface area contributed by atoms with Gasteiger partial charge in [-0.2, -0.15) is 0 Å². The Bertz CT molecular complexity index is 734. The fourth-order valence-electron chi connectivity index (χ4n) is 2.13. The molecule has 98 valence electrons. The normalized spacial score (nSPS) is 10.4. The average molecular weight is 265 g/mol. The number of nitro groups is 1. The molecule has 20 heavy (non-hydrogen) atoms. The first kappa shape index (κ1) is 12.2. The van der Waals surface area contributed by atoms with E-state index in [9.17, 15) is 10.1 Å². The van der Waals surface area contributed by atoms with Crippen molar-refractivity contribution in [3.63, 3.8) is 0 Å². The molecule has 3 aromatic rings. The third-order valence-corrected chi connectivity index (χ3v) is 3.09. The number of furan rings is 1. The fourth-order valence-corrected chi connectivity index (χ4v) is 2.13. The molecule has 4 heteroatoms. The molecule has 0 bridgehead atoms. The molecule has 3 rings (SSSR count). The van der Waals surface area contributed by atoms with Gasteiger partial charge < -0.3 is 4.42 Å². The number of hydrogen-bond donors (Lipinski definition) is 0. The molecule has 0 spiro atoms. The van der Waals surface area contributed by atoms with Gasteiger partial charge in [0.1, 0.15) is 5.76 Å². The van der Waals surface area contributed by atoms with Gasteiger partial charge in [-0.25, -0.2) is 0 Å². The van der Waals surface area contributed by atoms with E-state index >= 15 is 0 Å². The van der Waals surface area contributed by atoms with Gasteiger partial charge in [-0.3, -0.25) is 10.1 Å². The van der Waals surface area contributed by atoms with Crippen LogP contribution in [0.5, 0.6) is 0 Å². The summed E-state index contributed by atoms with van der Waals surface area (Å²) in [6, 6.07) is 18.2. The minimum absolute atomic E-state index is 0.0413. The smallest absolute Gasteiger partial charge is 0.280 e. The zero-order valence-corrected chi connectivity index (χ0v) is 10.5. The Morgan fingerprint density at radius 1 is 0.900 bits per heavy atom. The molecule has 4 nitrogen and oxygen atoms in total. The van der Waals surface area contributed by atoms with Gasteiger partial charge in [-0.05, 0) is 35.4 Å². The highest BCUT2D eigenvalue weighted by atomic mass is 16.6. The molecule has 0 amide bonds. The van der Waals surface area contributed by atoms with Gasteiger partial charge in [0.25, 0.3) is 5.69 Å². The van der Waals surface area contributed by atoms with Gasteiger partial charge in [0.2, 0.25) is 0 Å². The fraction of sp³-hybridized carbons (Fsp3) is 0. The molecule has 0 unspecified atom stereocenters. The molecule has 0 fully saturated rings. The van der Waals surface area contributed by atoms with Crippen LogP contribution in [0.4, 0.5) is 5.69 Å². The molecule has 0 aliphatic heterocycles. The van der Waals surface area contributed by atoms with E-state index < -0.39 is 4.92 Å². The lowest BCUT2D eigenvalue weighted by Gasteiger charge is -2.05. The lowest BCUT2D eigenvalue weighted by molar-refractivity contribution is -0.384. The minimum Gasteiger partial charge on any atom is -0.464 e. The molecule has 0 radical (unpaired) electrons. The van der Waals surface area contributed by atoms with E-state index in [1.165, 1.54) is 12.3 Å². The zero-order chi connectivity index (χ0) is 13.9. The molecule has 0 saturated carbocycles. The van der Waals surface area contributed by atoms with Crippen molar-refractivity contribution in [2.45, 2.75) is 0 Å². The summed E-state index contributed by atoms with van der Waals surface area (Å²) in [5.74, 6) is 0.495. The lowest BCUT2D eigenvalue weighted by Crippen LogP contribution is -1.92. The van der Waals surface area contributed by atoms with Crippen LogP contribution in [0, 0.1) is 10.1 Å². The largest absolute Gasteiger partial charge is 0.464 e. The van der Waals surface area contributed by atoms with Crippen molar-refractivity contribution in [1.82, 2.24) is 0 Å². The Morgan fingerprint density at radius 3 is 2.35 bits per heavy atom. The summed E-state index contributed by atoms with van der Waals surface area (Å²) in [6.45, 7) is 0. The minimum atomic E-state index is -0.396. The van der Waals surface area contributed by atoms with Crippen molar-refractivity contribution in [3.05, 3.63) is 77.0 Å². The molecule has 0 atom stereocenters. The summed E-state index contributed by atoms with van der Waals surface area (Å²) in [5, 5.41) is 11.1. The first-order valence-corrected chi connectivity index (χ1v) is 6.13. The number of benzene rings is 2. The topological polar surface area (TPSA) is 56.3 Å². The van der Waals surface area contributed by atoms with E-state index in [0.717, 1.165) is 11.1 Å². The zero-order valence-electron chi connectivity index (χ0n) is 10.5. The maximum absolute atomic E-state index is 11.1. The number of nitro benzene ring substituents is 1. The summed E-state index contributed by atoms with van der Waals surface area (Å²) < 4.78 is 5.30. The molecule has 1 aromatic heterocycles. The van der Waals surface area contributed by atoms with Gasteiger partial charge in [-0.1, -0.05) is 30.3 Å². The van der Waals surface area contributed by atoms with E-state index in [1.54, 1.807) is 24.3 Å². The second kappa shape index (κ2) is 5.01. The maximum atomic E-state index is 11.1. The second-order valence-corrected chi connectivity index (χ2v) is 4.33. The van der Waals surface area contributed by atoms with E-state index in [0.29, 0.717) is 11.3 Å². The first-order chi connectivity index (χ1) is 9.75. The van der Waals surface area contributed by atoms with E-state index in [-0.39, 0.29) is 5.69 Å². The van der Waals surface area contributed by atoms with Crippen molar-refractivity contribution >= 4 is 5.69 Å². The van der Waals surface area contributed by atoms with Gasteiger partial charge in [0, 0.05) is 6.07 Å². The third kappa shape index (κ3) is 2.19. The Kier molecular flexibility index (Phi) is 3.05. The lowest BCUT2D eigenvalue weighted by atomic mass is 10.0. The summed E-state index contributed by atoms with van der Waals surface area (Å²) >= 11 is 0. The molecule has 0 aliphatic carbocycles. The highest BCUT2D eigenvalue weighted by Gasteiger charge is 2.18. The molecule has 2 aromatic carbocycles. The molecule has 0 aliphatic rings. The Balaban J connectivity index is 2.17. The van der Waals surface area contributed by atoms with Crippen molar-refractivity contribution in [2.75, 3.05) is 0 Å². The second-order valence-electron chi connectivity index (χ2n) is 4.33. The summed E-state index contributed by atoms with van der Waals surface area (Å²) in [7, 11) is 0. The number of hydrogen-bond acceptors (Lipinski definition) is 3. The standard InChI is InChI=1S/C16H11NO3/c18-17(19)15-9-8-13(12-5-2-1-3-6-12)11-14(15)16-7-4-10-20-16/h1-11H. The summed E-state index contributed by atoms with van der Waals surface area (Å²) in [4.78, 5) is 10.7. The van der Waals surface area contributed by atoms with E-state index in [2.05, 4.69) is 0 Å². The van der Waals surface area contributed by atoms with Crippen LogP contribution >= 0.6 is 0 Å². The molecule has 0 saturated heterocycles. The van der Waals surface area contributed by atoms with Gasteiger partial charge in [0.15, 0.2) is 0 Å². The average Bonchev–Trinajstić information content (AvgIpc) is 3.01. The highest BCUT2D eigenvalue weighted by Crippen LogP contribution is 2.34. The van der Waals surface area contributed by atoms with Gasteiger partial charge in [-0.15, -0.1) is 0 Å². The van der Waals surface area contributed by atoms with Crippen LogP contribution in [0.1, 0.15) is 0 Å². The predicted octanol–water partition coefficient (Wildman–Crippen LogP) is 4.52. The first-order valence-electron chi connectivity index (χ1n) is 6.13. The van der Waals surface area contributed by atoms with Crippen molar-refractivity contribution < 1.29 is 9.34 Å². The predicted molar refractivity (Wildman–Crippen MR) is 76.2 cm³/mol. The summed E-state index contributed by atoms with van der Waals surface area (Å²) in [6.07, 6.45) is 1.51. The van der Waals surface area contributed by atoms with Crippen LogP contribution in [0.3, 0.4) is 0 Å². The molecular weight excluding hydrogens is 254 g/mol. The van der Waals surface area contributed by atoms with Crippen LogP contribution in [-0.4, -0.2) is 4.92 Å². The van der Waals surface area contributed by atoms with Crippen LogP contribution in [0.15, 0.2) is 71.3 Å². The number of nitrogens with zero attached hydrogens (tertiary/aromatic N) is 1. The Hall–Kier alpha value is -2.88. The van der Waals surface area contributed by atoms with Gasteiger partial charge in [0.05, 0.1) is 16.7 Å². The van der Waals surface area contributed by atoms with Crippen LogP contribution < -0.4 is 0 Å². The highest BCUT2D eigenvalue weighted by molar-refractivity contribution is 5.77. The summed E-state index contributed by atoms with van der Waals surface area (Å²) in [5.41, 5.74) is 2.46. The van der Waals surface area contributed by atoms with E-state index in [4.69, 9.17) is 4.42 Å². The Morgan fingerprint density at radius 2 is 1.70 bits per heavy atom. The van der Waals surface area contributed by atoms with Crippen LogP contribution in [0.25, 0.3) is 22.5 Å². The van der Waals surface area contributed by atoms with Crippen molar-refractivity contribution in [2.24, 2.45) is 0 Å². The van der Waals surface area contributed by atoms with Gasteiger partial charge >= 0.3 is 0 Å². The third-order valence-electron chi connectivity index (χ3n) is 3.09. The van der Waals surface area contributed by atoms with E-state index in [1.807, 2.05) is 30.3 Å². The quantitative estimate of drug-likeness (QED) is 0.516. The molecule has 1 heterocycles. The molecule has 0 N–H and O–H groups in total. The Labute approximate surface area is 115 Å². The van der Waals surface area contributed by atoms with Crippen LogP contribution in [0.2, 0.25) is 0 Å². The van der Waals surface area contributed by atoms with Crippen LogP contribution in [-0.2, 0) is 0 Å². The molecular formula is C16H11NO3. The monoisotopic (exact) mass is 265 g/mol. The maximum Gasteiger partial charge on any atom is 0.280 e. The SMILES string of the molecule is O=[N+]([O-])c1ccc(-c2ccccc2)cc1-c1ccco1. The number of rotatable bonds is 3. The van der Waals surface area contributed by atoms with Crippen molar-refractivity contribution in [1.29, 1.82) is 0 Å².